The number of carbonyl (C=O) groups excluding carboxylic acids is 2. The van der Waals surface area contributed by atoms with Gasteiger partial charge in [-0.2, -0.15) is 0 Å². The highest BCUT2D eigenvalue weighted by molar-refractivity contribution is 5.78. The van der Waals surface area contributed by atoms with Crippen LogP contribution in [0.2, 0.25) is 0 Å². The second-order valence-corrected chi connectivity index (χ2v) is 4.97. The fraction of sp³-hybridized carbons (Fsp3) is 0.643. The number of amides is 1. The van der Waals surface area contributed by atoms with Crippen LogP contribution in [-0.2, 0) is 14.3 Å². The van der Waals surface area contributed by atoms with Crippen molar-refractivity contribution in [3.63, 3.8) is 0 Å². The highest BCUT2D eigenvalue weighted by atomic mass is 16.5. The largest absolute Gasteiger partial charge is 0.466 e. The summed E-state index contributed by atoms with van der Waals surface area (Å²) in [6, 6.07) is 1.63. The standard InChI is InChI=1S/C14H20N2O5/c1-3-19-14(18)11-4-6-16(7-5-11)13(17)9-20-12-8-10(2)21-15-12/h8,11H,3-7,9H2,1-2H3. The Morgan fingerprint density at radius 1 is 1.43 bits per heavy atom. The Morgan fingerprint density at radius 2 is 2.14 bits per heavy atom. The van der Waals surface area contributed by atoms with Crippen molar-refractivity contribution < 1.29 is 23.6 Å². The van der Waals surface area contributed by atoms with E-state index in [4.69, 9.17) is 14.0 Å². The van der Waals surface area contributed by atoms with Crippen molar-refractivity contribution in [1.82, 2.24) is 10.1 Å². The normalized spacial score (nSPS) is 15.8. The summed E-state index contributed by atoms with van der Waals surface area (Å²) in [5, 5.41) is 3.66. The highest BCUT2D eigenvalue weighted by Crippen LogP contribution is 2.19. The smallest absolute Gasteiger partial charge is 0.309 e. The molecule has 2 rings (SSSR count). The van der Waals surface area contributed by atoms with Crippen molar-refractivity contribution in [3.05, 3.63) is 11.8 Å². The number of aromatic nitrogens is 1. The van der Waals surface area contributed by atoms with Crippen LogP contribution in [0.25, 0.3) is 0 Å². The van der Waals surface area contributed by atoms with E-state index in [1.54, 1.807) is 24.8 Å². The van der Waals surface area contributed by atoms with E-state index in [0.717, 1.165) is 0 Å². The van der Waals surface area contributed by atoms with Crippen molar-refractivity contribution in [2.24, 2.45) is 5.92 Å². The number of carbonyl (C=O) groups is 2. The molecule has 1 saturated heterocycles. The fourth-order valence-electron chi connectivity index (χ4n) is 2.26. The molecule has 116 valence electrons. The van der Waals surface area contributed by atoms with Crippen LogP contribution in [0, 0.1) is 12.8 Å². The molecular weight excluding hydrogens is 276 g/mol. The molecule has 0 spiro atoms. The molecule has 7 nitrogen and oxygen atoms in total. The molecule has 0 aliphatic carbocycles. The van der Waals surface area contributed by atoms with Gasteiger partial charge < -0.3 is 18.9 Å². The summed E-state index contributed by atoms with van der Waals surface area (Å²) >= 11 is 0. The maximum absolute atomic E-state index is 12.0. The summed E-state index contributed by atoms with van der Waals surface area (Å²) in [6.07, 6.45) is 1.27. The van der Waals surface area contributed by atoms with Gasteiger partial charge in [0.25, 0.3) is 11.8 Å². The van der Waals surface area contributed by atoms with E-state index in [1.807, 2.05) is 0 Å². The Kier molecular flexibility index (Phi) is 5.19. The molecular formula is C14H20N2O5. The first-order valence-corrected chi connectivity index (χ1v) is 7.10. The third kappa shape index (κ3) is 4.21. The van der Waals surface area contributed by atoms with Crippen LogP contribution in [0.15, 0.2) is 10.6 Å². The SMILES string of the molecule is CCOC(=O)C1CCN(C(=O)COc2cc(C)on2)CC1. The molecule has 1 aliphatic heterocycles. The number of esters is 1. The zero-order valence-corrected chi connectivity index (χ0v) is 12.3. The van der Waals surface area contributed by atoms with Crippen LogP contribution < -0.4 is 4.74 Å². The van der Waals surface area contributed by atoms with Gasteiger partial charge in [-0.15, -0.1) is 0 Å². The topological polar surface area (TPSA) is 81.9 Å². The summed E-state index contributed by atoms with van der Waals surface area (Å²) in [6.45, 7) is 4.95. The Morgan fingerprint density at radius 3 is 2.71 bits per heavy atom. The summed E-state index contributed by atoms with van der Waals surface area (Å²) in [4.78, 5) is 25.3. The number of piperidine rings is 1. The van der Waals surface area contributed by atoms with Crippen molar-refractivity contribution in [3.8, 4) is 5.88 Å². The van der Waals surface area contributed by atoms with Crippen molar-refractivity contribution in [1.29, 1.82) is 0 Å². The van der Waals surface area contributed by atoms with Gasteiger partial charge in [-0.3, -0.25) is 9.59 Å². The maximum atomic E-state index is 12.0. The number of ether oxygens (including phenoxy) is 2. The van der Waals surface area contributed by atoms with Gasteiger partial charge in [0.2, 0.25) is 0 Å². The molecule has 1 aromatic rings. The molecule has 0 saturated carbocycles. The molecule has 0 bridgehead atoms. The summed E-state index contributed by atoms with van der Waals surface area (Å²) in [7, 11) is 0. The van der Waals surface area contributed by atoms with E-state index in [1.165, 1.54) is 0 Å². The first kappa shape index (κ1) is 15.3. The number of nitrogens with zero attached hydrogens (tertiary/aromatic N) is 2. The molecule has 21 heavy (non-hydrogen) atoms. The van der Waals surface area contributed by atoms with Crippen molar-refractivity contribution >= 4 is 11.9 Å². The average molecular weight is 296 g/mol. The van der Waals surface area contributed by atoms with Gasteiger partial charge >= 0.3 is 5.97 Å². The van der Waals surface area contributed by atoms with Crippen LogP contribution >= 0.6 is 0 Å². The number of aryl methyl sites for hydroxylation is 1. The lowest BCUT2D eigenvalue weighted by Gasteiger charge is -2.30. The zero-order chi connectivity index (χ0) is 15.2. The predicted molar refractivity (Wildman–Crippen MR) is 72.7 cm³/mol. The molecule has 1 amide bonds. The van der Waals surface area contributed by atoms with Gasteiger partial charge in [-0.1, -0.05) is 0 Å². The molecule has 1 aliphatic rings. The summed E-state index contributed by atoms with van der Waals surface area (Å²) in [5.41, 5.74) is 0. The Hall–Kier alpha value is -2.05. The molecule has 0 N–H and O–H groups in total. The van der Waals surface area contributed by atoms with E-state index in [2.05, 4.69) is 5.16 Å². The Labute approximate surface area is 123 Å². The van der Waals surface area contributed by atoms with E-state index in [-0.39, 0.29) is 24.4 Å². The van der Waals surface area contributed by atoms with Gasteiger partial charge in [-0.05, 0) is 31.8 Å². The lowest BCUT2D eigenvalue weighted by atomic mass is 9.97. The zero-order valence-electron chi connectivity index (χ0n) is 12.3. The molecule has 0 aromatic carbocycles. The summed E-state index contributed by atoms with van der Waals surface area (Å²) < 4.78 is 15.1. The first-order chi connectivity index (χ1) is 10.1. The van der Waals surface area contributed by atoms with E-state index >= 15 is 0 Å². The Bertz CT molecular complexity index is 491. The number of hydrogen-bond donors (Lipinski definition) is 0. The molecule has 0 radical (unpaired) electrons. The molecule has 1 aromatic heterocycles. The van der Waals surface area contributed by atoms with E-state index in [9.17, 15) is 9.59 Å². The second-order valence-electron chi connectivity index (χ2n) is 4.97. The van der Waals surface area contributed by atoms with Crippen molar-refractivity contribution in [2.45, 2.75) is 26.7 Å². The maximum Gasteiger partial charge on any atom is 0.309 e. The van der Waals surface area contributed by atoms with Gasteiger partial charge in [0, 0.05) is 19.2 Å². The molecule has 0 unspecified atom stereocenters. The van der Waals surface area contributed by atoms with E-state index in [0.29, 0.717) is 44.2 Å². The molecule has 0 atom stereocenters. The third-order valence-electron chi connectivity index (χ3n) is 3.42. The first-order valence-electron chi connectivity index (χ1n) is 7.10. The van der Waals surface area contributed by atoms with Crippen LogP contribution in [0.1, 0.15) is 25.5 Å². The average Bonchev–Trinajstić information content (AvgIpc) is 2.91. The minimum absolute atomic E-state index is 0.0734. The van der Waals surface area contributed by atoms with Gasteiger partial charge in [0.05, 0.1) is 12.5 Å². The van der Waals surface area contributed by atoms with Gasteiger partial charge in [0.1, 0.15) is 5.76 Å². The van der Waals surface area contributed by atoms with Crippen LogP contribution in [-0.4, -0.2) is 48.2 Å². The third-order valence-corrected chi connectivity index (χ3v) is 3.42. The lowest BCUT2D eigenvalue weighted by Crippen LogP contribution is -2.42. The molecule has 1 fully saturated rings. The quantitative estimate of drug-likeness (QED) is 0.758. The van der Waals surface area contributed by atoms with Crippen LogP contribution in [0.3, 0.4) is 0 Å². The molecule has 7 heteroatoms. The van der Waals surface area contributed by atoms with Crippen molar-refractivity contribution in [2.75, 3.05) is 26.3 Å². The van der Waals surface area contributed by atoms with Gasteiger partial charge in [-0.25, -0.2) is 0 Å². The number of likely N-dealkylation sites (tertiary alicyclic amines) is 1. The minimum atomic E-state index is -0.168. The lowest BCUT2D eigenvalue weighted by molar-refractivity contribution is -0.151. The predicted octanol–water partition coefficient (Wildman–Crippen LogP) is 1.16. The summed E-state index contributed by atoms with van der Waals surface area (Å²) in [5.74, 6) is 0.556. The van der Waals surface area contributed by atoms with E-state index < -0.39 is 0 Å². The fourth-order valence-corrected chi connectivity index (χ4v) is 2.26. The number of rotatable bonds is 5. The van der Waals surface area contributed by atoms with Crippen LogP contribution in [0.4, 0.5) is 0 Å². The number of hydrogen-bond acceptors (Lipinski definition) is 6. The minimum Gasteiger partial charge on any atom is -0.466 e. The van der Waals surface area contributed by atoms with Gasteiger partial charge in [0.15, 0.2) is 6.61 Å². The second kappa shape index (κ2) is 7.10. The molecule has 2 heterocycles. The highest BCUT2D eigenvalue weighted by Gasteiger charge is 2.28. The van der Waals surface area contributed by atoms with Crippen LogP contribution in [0.5, 0.6) is 5.88 Å². The Balaban J connectivity index is 1.74. The monoisotopic (exact) mass is 296 g/mol.